The molecular weight excluding hydrogens is 374 g/mol. The molecule has 0 saturated carbocycles. The van der Waals surface area contributed by atoms with Gasteiger partial charge in [-0.1, -0.05) is 42.1 Å². The molecule has 0 radical (unpaired) electrons. The van der Waals surface area contributed by atoms with E-state index >= 15 is 0 Å². The molecule has 0 unspecified atom stereocenters. The first-order chi connectivity index (χ1) is 12.1. The van der Waals surface area contributed by atoms with E-state index in [0.29, 0.717) is 10.3 Å². The van der Waals surface area contributed by atoms with Crippen LogP contribution in [0.15, 0.2) is 47.6 Å². The summed E-state index contributed by atoms with van der Waals surface area (Å²) in [5.74, 6) is 0.206. The maximum absolute atomic E-state index is 5.77. The second kappa shape index (κ2) is 7.64. The van der Waals surface area contributed by atoms with Gasteiger partial charge in [0.05, 0.1) is 0 Å². The molecule has 0 aliphatic heterocycles. The van der Waals surface area contributed by atoms with Crippen molar-refractivity contribution in [2.45, 2.75) is 5.16 Å². The Bertz CT molecular complexity index is 938. The molecule has 1 heterocycles. The quantitative estimate of drug-likeness (QED) is 0.299. The molecule has 0 saturated heterocycles. The lowest BCUT2D eigenvalue weighted by atomic mass is 10.1. The van der Waals surface area contributed by atoms with Gasteiger partial charge in [-0.05, 0) is 53.6 Å². The van der Waals surface area contributed by atoms with Crippen molar-refractivity contribution in [1.29, 1.82) is 0 Å². The van der Waals surface area contributed by atoms with Gasteiger partial charge < -0.3 is 11.1 Å². The minimum Gasteiger partial charge on any atom is -0.368 e. The van der Waals surface area contributed by atoms with Crippen LogP contribution in [0.5, 0.6) is 0 Å². The topological polar surface area (TPSA) is 92.8 Å². The maximum Gasteiger partial charge on any atom is 0.226 e. The zero-order chi connectivity index (χ0) is 17.8. The Morgan fingerprint density at radius 1 is 1.12 bits per heavy atom. The van der Waals surface area contributed by atoms with Crippen LogP contribution >= 0.6 is 36.2 Å². The van der Waals surface area contributed by atoms with Crippen molar-refractivity contribution in [3.05, 3.63) is 42.5 Å². The number of anilines is 2. The van der Waals surface area contributed by atoms with Crippen LogP contribution in [0.4, 0.5) is 11.6 Å². The number of nitrogens with one attached hydrogen (secondary N) is 3. The third kappa shape index (κ3) is 4.16. The summed E-state index contributed by atoms with van der Waals surface area (Å²) in [5, 5.41) is 10.7. The Morgan fingerprint density at radius 3 is 2.60 bits per heavy atom. The Morgan fingerprint density at radius 2 is 1.88 bits per heavy atom. The third-order valence-electron chi connectivity index (χ3n) is 3.28. The van der Waals surface area contributed by atoms with Crippen LogP contribution < -0.4 is 21.9 Å². The molecule has 2 aromatic carbocycles. The molecule has 3 aromatic rings. The first-order valence-electron chi connectivity index (χ1n) is 7.19. The van der Waals surface area contributed by atoms with Gasteiger partial charge in [0.2, 0.25) is 16.2 Å². The first kappa shape index (κ1) is 17.4. The highest BCUT2D eigenvalue weighted by Crippen LogP contribution is 2.18. The normalized spacial score (nSPS) is 10.4. The summed E-state index contributed by atoms with van der Waals surface area (Å²) >= 11 is 11.9. The van der Waals surface area contributed by atoms with Gasteiger partial charge in [0, 0.05) is 5.69 Å². The van der Waals surface area contributed by atoms with Gasteiger partial charge in [-0.25, -0.2) is 0 Å². The molecule has 0 fully saturated rings. The maximum atomic E-state index is 5.77. The smallest absolute Gasteiger partial charge is 0.226 e. The number of nitrogen functional groups attached to an aromatic ring is 1. The van der Waals surface area contributed by atoms with Crippen LogP contribution in [-0.2, 0) is 0 Å². The second-order valence-corrected chi connectivity index (χ2v) is 6.51. The van der Waals surface area contributed by atoms with Crippen LogP contribution in [0.3, 0.4) is 0 Å². The molecule has 0 spiro atoms. The van der Waals surface area contributed by atoms with E-state index < -0.39 is 0 Å². The Kier molecular flexibility index (Phi) is 5.31. The summed E-state index contributed by atoms with van der Waals surface area (Å²) in [6.07, 6.45) is 1.86. The van der Waals surface area contributed by atoms with Crippen molar-refractivity contribution in [2.24, 2.45) is 0 Å². The molecule has 5 N–H and O–H groups in total. The summed E-state index contributed by atoms with van der Waals surface area (Å²) in [5.41, 5.74) is 12.2. The van der Waals surface area contributed by atoms with Crippen molar-refractivity contribution in [3.8, 4) is 0 Å². The van der Waals surface area contributed by atoms with Gasteiger partial charge in [0.25, 0.3) is 0 Å². The average Bonchev–Trinajstić information content (AvgIpc) is 3.00. The van der Waals surface area contributed by atoms with E-state index in [4.69, 9.17) is 30.2 Å². The molecule has 25 heavy (non-hydrogen) atoms. The highest BCUT2D eigenvalue weighted by Gasteiger charge is 2.10. The fourth-order valence-corrected chi connectivity index (χ4v) is 2.84. The van der Waals surface area contributed by atoms with Crippen LogP contribution in [0.1, 0.15) is 0 Å². The Balaban J connectivity index is 1.60. The van der Waals surface area contributed by atoms with Gasteiger partial charge in [-0.3, -0.25) is 10.9 Å². The number of benzene rings is 2. The molecule has 0 atom stereocenters. The number of thiocarbonyl (C=S) groups is 2. The molecule has 0 aliphatic carbocycles. The fraction of sp³-hybridized carbons (Fsp3) is 0.0667. The summed E-state index contributed by atoms with van der Waals surface area (Å²) in [4.78, 5) is 4.06. The van der Waals surface area contributed by atoms with Gasteiger partial charge >= 0.3 is 0 Å². The lowest BCUT2D eigenvalue weighted by molar-refractivity contribution is 0.797. The minimum absolute atomic E-state index is 0.206. The highest BCUT2D eigenvalue weighted by molar-refractivity contribution is 7.98. The molecule has 0 bridgehead atoms. The van der Waals surface area contributed by atoms with Gasteiger partial charge in [-0.2, -0.15) is 9.67 Å². The number of hydrazine groups is 1. The molecule has 0 amide bonds. The van der Waals surface area contributed by atoms with E-state index in [0.717, 1.165) is 16.5 Å². The number of rotatable bonds is 2. The van der Waals surface area contributed by atoms with Crippen molar-refractivity contribution < 1.29 is 0 Å². The number of aromatic nitrogens is 3. The van der Waals surface area contributed by atoms with E-state index in [2.05, 4.69) is 32.3 Å². The van der Waals surface area contributed by atoms with Crippen molar-refractivity contribution in [2.75, 3.05) is 17.3 Å². The third-order valence-corrected chi connectivity index (χ3v) is 4.30. The van der Waals surface area contributed by atoms with E-state index in [1.54, 1.807) is 0 Å². The number of thioether (sulfide) groups is 1. The molecule has 1 aromatic heterocycles. The van der Waals surface area contributed by atoms with Gasteiger partial charge in [-0.15, -0.1) is 5.10 Å². The van der Waals surface area contributed by atoms with E-state index in [9.17, 15) is 0 Å². The number of hydrogen-bond donors (Lipinski definition) is 4. The van der Waals surface area contributed by atoms with Crippen molar-refractivity contribution in [1.82, 2.24) is 25.6 Å². The molecule has 10 heteroatoms. The number of nitrogens with zero attached hydrogens (tertiary/aromatic N) is 3. The fourth-order valence-electron chi connectivity index (χ4n) is 2.13. The van der Waals surface area contributed by atoms with Gasteiger partial charge in [0.1, 0.15) is 0 Å². The van der Waals surface area contributed by atoms with Gasteiger partial charge in [0.15, 0.2) is 5.11 Å². The number of hydrogen-bond acceptors (Lipinski definition) is 6. The summed E-state index contributed by atoms with van der Waals surface area (Å²) in [6, 6.07) is 14.1. The first-order valence-corrected chi connectivity index (χ1v) is 9.23. The number of nitrogens with two attached hydrogens (primary N) is 1. The van der Waals surface area contributed by atoms with Crippen molar-refractivity contribution >= 4 is 68.8 Å². The Hall–Kier alpha value is -2.43. The molecule has 3 rings (SSSR count). The van der Waals surface area contributed by atoms with Crippen LogP contribution in [-0.4, -0.2) is 31.2 Å². The van der Waals surface area contributed by atoms with Crippen LogP contribution in [0, 0.1) is 0 Å². The standard InChI is InChI=1S/C15H15N7S3/c1-25-14-18-12(16)22(21-14)15(24)20-19-13(23)17-11-7-6-9-4-2-3-5-10(9)8-11/h2-8H,1H3,(H,20,24)(H2,16,18,21)(H2,17,19,23). The minimum atomic E-state index is 0.206. The molecular formula is C15H15N7S3. The van der Waals surface area contributed by atoms with E-state index in [1.807, 2.05) is 42.7 Å². The number of fused-ring (bicyclic) bond motifs is 1. The van der Waals surface area contributed by atoms with E-state index in [1.165, 1.54) is 16.4 Å². The largest absolute Gasteiger partial charge is 0.368 e. The SMILES string of the molecule is CSc1nc(N)n(C(=S)NNC(=S)Nc2ccc3ccccc3c2)n1. The molecule has 7 nitrogen and oxygen atoms in total. The van der Waals surface area contributed by atoms with Crippen LogP contribution in [0.25, 0.3) is 10.8 Å². The van der Waals surface area contributed by atoms with E-state index in [-0.39, 0.29) is 11.1 Å². The monoisotopic (exact) mass is 389 g/mol. The summed E-state index contributed by atoms with van der Waals surface area (Å²) in [6.45, 7) is 0. The average molecular weight is 390 g/mol. The van der Waals surface area contributed by atoms with Crippen molar-refractivity contribution in [3.63, 3.8) is 0 Å². The zero-order valence-electron chi connectivity index (χ0n) is 13.2. The summed E-state index contributed by atoms with van der Waals surface area (Å²) < 4.78 is 1.33. The Labute approximate surface area is 159 Å². The predicted octanol–water partition coefficient (Wildman–Crippen LogP) is 2.36. The summed E-state index contributed by atoms with van der Waals surface area (Å²) in [7, 11) is 0. The lowest BCUT2D eigenvalue weighted by Crippen LogP contribution is -2.45. The zero-order valence-corrected chi connectivity index (χ0v) is 15.6. The molecule has 0 aliphatic rings. The second-order valence-electron chi connectivity index (χ2n) is 4.94. The van der Waals surface area contributed by atoms with Crippen LogP contribution in [0.2, 0.25) is 0 Å². The molecule has 128 valence electrons. The highest BCUT2D eigenvalue weighted by atomic mass is 32.2. The lowest BCUT2D eigenvalue weighted by Gasteiger charge is -2.13. The predicted molar refractivity (Wildman–Crippen MR) is 111 cm³/mol.